The van der Waals surface area contributed by atoms with Crippen molar-refractivity contribution in [3.05, 3.63) is 86.6 Å². The molecule has 0 aliphatic rings. The van der Waals surface area contributed by atoms with Gasteiger partial charge in [-0.3, -0.25) is 24.5 Å². The summed E-state index contributed by atoms with van der Waals surface area (Å²) in [6.45, 7) is 2.22. The molecular formula is C19H14N4O3. The zero-order valence-electron chi connectivity index (χ0n) is 13.9. The first kappa shape index (κ1) is 15.9. The highest BCUT2D eigenvalue weighted by Gasteiger charge is 2.12. The van der Waals surface area contributed by atoms with Crippen LogP contribution in [0.4, 0.5) is 5.69 Å². The molecule has 0 N–H and O–H groups in total. The van der Waals surface area contributed by atoms with Crippen molar-refractivity contribution in [1.82, 2.24) is 14.5 Å². The van der Waals surface area contributed by atoms with Crippen molar-refractivity contribution in [2.45, 2.75) is 13.5 Å². The number of pyridine rings is 1. The maximum atomic E-state index is 12.8. The van der Waals surface area contributed by atoms with Crippen molar-refractivity contribution in [1.29, 1.82) is 0 Å². The van der Waals surface area contributed by atoms with Gasteiger partial charge in [0.1, 0.15) is 0 Å². The zero-order valence-corrected chi connectivity index (χ0v) is 13.9. The van der Waals surface area contributed by atoms with Crippen LogP contribution < -0.4 is 5.56 Å². The fourth-order valence-corrected chi connectivity index (χ4v) is 3.08. The third-order valence-corrected chi connectivity index (χ3v) is 4.29. The number of nitro groups is 1. The summed E-state index contributed by atoms with van der Waals surface area (Å²) < 4.78 is 1.47. The van der Waals surface area contributed by atoms with E-state index in [0.29, 0.717) is 12.1 Å². The Hall–Kier alpha value is -3.61. The zero-order chi connectivity index (χ0) is 18.3. The summed E-state index contributed by atoms with van der Waals surface area (Å²) in [6, 6.07) is 13.8. The van der Waals surface area contributed by atoms with Crippen molar-refractivity contribution in [2.24, 2.45) is 0 Å². The smallest absolute Gasteiger partial charge is 0.270 e. The molecule has 26 heavy (non-hydrogen) atoms. The number of hydrogen-bond donors (Lipinski definition) is 0. The molecule has 2 heterocycles. The minimum Gasteiger partial charge on any atom is -0.294 e. The Morgan fingerprint density at radius 2 is 1.88 bits per heavy atom. The molecule has 2 aromatic carbocycles. The lowest BCUT2D eigenvalue weighted by atomic mass is 10.1. The molecule has 0 radical (unpaired) electrons. The minimum atomic E-state index is -0.518. The summed E-state index contributed by atoms with van der Waals surface area (Å²) in [5, 5.41) is 12.2. The largest absolute Gasteiger partial charge is 0.294 e. The molecule has 0 spiro atoms. The van der Waals surface area contributed by atoms with Gasteiger partial charge in [0.25, 0.3) is 11.2 Å². The van der Waals surface area contributed by atoms with Gasteiger partial charge in [0.05, 0.1) is 34.2 Å². The maximum Gasteiger partial charge on any atom is 0.270 e. The van der Waals surface area contributed by atoms with Crippen LogP contribution in [0.15, 0.2) is 59.7 Å². The maximum absolute atomic E-state index is 12.8. The van der Waals surface area contributed by atoms with Crippen LogP contribution in [0, 0.1) is 17.0 Å². The summed E-state index contributed by atoms with van der Waals surface area (Å²) in [5.41, 5.74) is 2.67. The highest BCUT2D eigenvalue weighted by molar-refractivity contribution is 5.82. The van der Waals surface area contributed by atoms with Gasteiger partial charge in [0, 0.05) is 23.2 Å². The predicted octanol–water partition coefficient (Wildman–Crippen LogP) is 3.21. The van der Waals surface area contributed by atoms with E-state index in [1.54, 1.807) is 0 Å². The molecule has 0 fully saturated rings. The van der Waals surface area contributed by atoms with Crippen LogP contribution in [0.2, 0.25) is 0 Å². The molecule has 0 aliphatic heterocycles. The molecule has 0 aliphatic carbocycles. The topological polar surface area (TPSA) is 90.9 Å². The van der Waals surface area contributed by atoms with E-state index in [0.717, 1.165) is 22.2 Å². The van der Waals surface area contributed by atoms with Crippen LogP contribution in [0.25, 0.3) is 21.8 Å². The van der Waals surface area contributed by atoms with Gasteiger partial charge in [0.2, 0.25) is 0 Å². The molecule has 2 aromatic heterocycles. The standard InChI is InChI=1S/C19H14N4O3/c1-12-8-13(15-4-2-3-5-18(15)21-12)10-22-11-20-17-7-6-14(23(25)26)9-16(17)19(22)24/h2-9,11H,10H2,1H3. The average Bonchev–Trinajstić information content (AvgIpc) is 2.63. The molecule has 0 saturated carbocycles. The van der Waals surface area contributed by atoms with Gasteiger partial charge >= 0.3 is 0 Å². The van der Waals surface area contributed by atoms with Crippen molar-refractivity contribution in [2.75, 3.05) is 0 Å². The molecule has 0 atom stereocenters. The number of para-hydroxylation sites is 1. The van der Waals surface area contributed by atoms with Crippen molar-refractivity contribution in [3.63, 3.8) is 0 Å². The van der Waals surface area contributed by atoms with E-state index in [-0.39, 0.29) is 16.6 Å². The van der Waals surface area contributed by atoms with E-state index in [9.17, 15) is 14.9 Å². The third kappa shape index (κ3) is 2.69. The molecule has 7 heteroatoms. The van der Waals surface area contributed by atoms with Crippen LogP contribution >= 0.6 is 0 Å². The minimum absolute atomic E-state index is 0.126. The van der Waals surface area contributed by atoms with E-state index in [1.165, 1.54) is 29.1 Å². The van der Waals surface area contributed by atoms with Gasteiger partial charge in [-0.05, 0) is 30.7 Å². The van der Waals surface area contributed by atoms with Crippen LogP contribution in [-0.4, -0.2) is 19.5 Å². The van der Waals surface area contributed by atoms with Crippen molar-refractivity contribution in [3.8, 4) is 0 Å². The molecule has 0 saturated heterocycles. The van der Waals surface area contributed by atoms with Crippen molar-refractivity contribution >= 4 is 27.5 Å². The molecule has 4 rings (SSSR count). The summed E-state index contributed by atoms with van der Waals surface area (Å²) in [4.78, 5) is 32.0. The fourth-order valence-electron chi connectivity index (χ4n) is 3.08. The summed E-state index contributed by atoms with van der Waals surface area (Å²) >= 11 is 0. The van der Waals surface area contributed by atoms with E-state index < -0.39 is 4.92 Å². The lowest BCUT2D eigenvalue weighted by Crippen LogP contribution is -2.21. The second-order valence-corrected chi connectivity index (χ2v) is 6.08. The quantitative estimate of drug-likeness (QED) is 0.420. The number of benzene rings is 2. The molecule has 7 nitrogen and oxygen atoms in total. The molecule has 0 unspecified atom stereocenters. The van der Waals surface area contributed by atoms with Crippen LogP contribution in [-0.2, 0) is 6.54 Å². The highest BCUT2D eigenvalue weighted by atomic mass is 16.6. The van der Waals surface area contributed by atoms with Gasteiger partial charge in [0.15, 0.2) is 0 Å². The first-order valence-electron chi connectivity index (χ1n) is 8.02. The van der Waals surface area contributed by atoms with E-state index in [1.807, 2.05) is 37.3 Å². The van der Waals surface area contributed by atoms with Gasteiger partial charge in [-0.15, -0.1) is 0 Å². The Morgan fingerprint density at radius 3 is 2.69 bits per heavy atom. The number of non-ortho nitro benzene ring substituents is 1. The SMILES string of the molecule is Cc1cc(Cn2cnc3ccc([N+](=O)[O-])cc3c2=O)c2ccccc2n1. The summed E-state index contributed by atoms with van der Waals surface area (Å²) in [6.07, 6.45) is 1.47. The van der Waals surface area contributed by atoms with Gasteiger partial charge in [-0.2, -0.15) is 0 Å². The highest BCUT2D eigenvalue weighted by Crippen LogP contribution is 2.20. The number of nitrogens with zero attached hydrogens (tertiary/aromatic N) is 4. The normalized spacial score (nSPS) is 11.1. The number of fused-ring (bicyclic) bond motifs is 2. The number of nitro benzene ring substituents is 1. The Kier molecular flexibility index (Phi) is 3.69. The van der Waals surface area contributed by atoms with E-state index in [2.05, 4.69) is 9.97 Å². The Bertz CT molecular complexity index is 1230. The number of aromatic nitrogens is 3. The second-order valence-electron chi connectivity index (χ2n) is 6.08. The second kappa shape index (κ2) is 6.03. The number of aryl methyl sites for hydroxylation is 1. The Balaban J connectivity index is 1.87. The van der Waals surface area contributed by atoms with Gasteiger partial charge in [-0.1, -0.05) is 18.2 Å². The number of rotatable bonds is 3. The monoisotopic (exact) mass is 346 g/mol. The molecule has 4 aromatic rings. The molecule has 0 bridgehead atoms. The molecule has 128 valence electrons. The summed E-state index contributed by atoms with van der Waals surface area (Å²) in [5.74, 6) is 0. The van der Waals surface area contributed by atoms with E-state index >= 15 is 0 Å². The predicted molar refractivity (Wildman–Crippen MR) is 98.2 cm³/mol. The third-order valence-electron chi connectivity index (χ3n) is 4.29. The molecule has 0 amide bonds. The Labute approximate surface area is 147 Å². The Morgan fingerprint density at radius 1 is 1.08 bits per heavy atom. The summed E-state index contributed by atoms with van der Waals surface area (Å²) in [7, 11) is 0. The van der Waals surface area contributed by atoms with Crippen LogP contribution in [0.3, 0.4) is 0 Å². The van der Waals surface area contributed by atoms with E-state index in [4.69, 9.17) is 0 Å². The van der Waals surface area contributed by atoms with Crippen LogP contribution in [0.5, 0.6) is 0 Å². The van der Waals surface area contributed by atoms with Crippen LogP contribution in [0.1, 0.15) is 11.3 Å². The van der Waals surface area contributed by atoms with Gasteiger partial charge in [-0.25, -0.2) is 4.98 Å². The van der Waals surface area contributed by atoms with Crippen molar-refractivity contribution < 1.29 is 4.92 Å². The molecular weight excluding hydrogens is 332 g/mol. The lowest BCUT2D eigenvalue weighted by molar-refractivity contribution is -0.384. The average molecular weight is 346 g/mol. The number of hydrogen-bond acceptors (Lipinski definition) is 5. The van der Waals surface area contributed by atoms with Gasteiger partial charge < -0.3 is 0 Å². The first-order valence-corrected chi connectivity index (χ1v) is 8.02. The first-order chi connectivity index (χ1) is 12.5. The lowest BCUT2D eigenvalue weighted by Gasteiger charge is -2.10. The fraction of sp³-hybridized carbons (Fsp3) is 0.105.